The van der Waals surface area contributed by atoms with Gasteiger partial charge in [-0.1, -0.05) is 27.2 Å². The third-order valence-electron chi connectivity index (χ3n) is 3.41. The van der Waals surface area contributed by atoms with Crippen molar-refractivity contribution >= 4 is 11.5 Å². The van der Waals surface area contributed by atoms with Gasteiger partial charge >= 0.3 is 0 Å². The highest BCUT2D eigenvalue weighted by Crippen LogP contribution is 2.25. The number of ether oxygens (including phenoxy) is 1. The lowest BCUT2D eigenvalue weighted by Gasteiger charge is -2.13. The molecule has 0 spiro atoms. The molecule has 3 heteroatoms. The number of nitrogens with two attached hydrogens (primary N) is 1. The first-order chi connectivity index (χ1) is 9.13. The minimum Gasteiger partial charge on any atom is -0.491 e. The van der Waals surface area contributed by atoms with Crippen LogP contribution in [0, 0.1) is 5.92 Å². The van der Waals surface area contributed by atoms with E-state index in [1.165, 1.54) is 0 Å². The van der Waals surface area contributed by atoms with Crippen molar-refractivity contribution in [2.24, 2.45) is 5.92 Å². The second-order valence-electron chi connectivity index (χ2n) is 4.83. The van der Waals surface area contributed by atoms with E-state index in [0.29, 0.717) is 23.6 Å². The largest absolute Gasteiger partial charge is 0.491 e. The fraction of sp³-hybridized carbons (Fsp3) is 0.562. The maximum absolute atomic E-state index is 12.2. The normalized spacial score (nSPS) is 10.7. The minimum atomic E-state index is 0.0891. The fourth-order valence-electron chi connectivity index (χ4n) is 2.05. The fourth-order valence-corrected chi connectivity index (χ4v) is 2.05. The van der Waals surface area contributed by atoms with Crippen molar-refractivity contribution in [1.82, 2.24) is 0 Å². The summed E-state index contributed by atoms with van der Waals surface area (Å²) in [5.41, 5.74) is 7.19. The molecule has 0 heterocycles. The van der Waals surface area contributed by atoms with Crippen molar-refractivity contribution < 1.29 is 9.53 Å². The van der Waals surface area contributed by atoms with E-state index in [-0.39, 0.29) is 11.7 Å². The number of hydrogen-bond acceptors (Lipinski definition) is 3. The summed E-state index contributed by atoms with van der Waals surface area (Å²) in [5, 5.41) is 0. The van der Waals surface area contributed by atoms with E-state index in [9.17, 15) is 4.79 Å². The molecule has 0 aliphatic rings. The van der Waals surface area contributed by atoms with E-state index in [4.69, 9.17) is 10.5 Å². The summed E-state index contributed by atoms with van der Waals surface area (Å²) >= 11 is 0. The topological polar surface area (TPSA) is 52.3 Å². The predicted molar refractivity (Wildman–Crippen MR) is 79.7 cm³/mol. The van der Waals surface area contributed by atoms with Crippen LogP contribution in [0.5, 0.6) is 5.75 Å². The van der Waals surface area contributed by atoms with Crippen LogP contribution in [0.1, 0.15) is 56.8 Å². The Bertz CT molecular complexity index is 411. The maximum Gasteiger partial charge on any atom is 0.165 e. The molecule has 1 rings (SSSR count). The van der Waals surface area contributed by atoms with Crippen molar-refractivity contribution in [3.05, 3.63) is 23.8 Å². The monoisotopic (exact) mass is 263 g/mol. The number of hydrogen-bond donors (Lipinski definition) is 1. The highest BCUT2D eigenvalue weighted by atomic mass is 16.5. The summed E-state index contributed by atoms with van der Waals surface area (Å²) in [5.74, 6) is 0.942. The van der Waals surface area contributed by atoms with Gasteiger partial charge in [-0.25, -0.2) is 0 Å². The number of carbonyl (C=O) groups excluding carboxylic acids is 1. The third-order valence-corrected chi connectivity index (χ3v) is 3.41. The Morgan fingerprint density at radius 1 is 1.26 bits per heavy atom. The summed E-state index contributed by atoms with van der Waals surface area (Å²) < 4.78 is 5.59. The number of rotatable bonds is 8. The molecule has 0 aliphatic carbocycles. The number of Topliss-reactive ketones (excluding diaryl/α,β-unsaturated/α-hetero) is 1. The lowest BCUT2D eigenvalue weighted by Crippen LogP contribution is -2.13. The Morgan fingerprint density at radius 3 is 2.47 bits per heavy atom. The van der Waals surface area contributed by atoms with Gasteiger partial charge in [-0.3, -0.25) is 4.79 Å². The van der Waals surface area contributed by atoms with Crippen molar-refractivity contribution in [2.45, 2.75) is 46.5 Å². The summed E-state index contributed by atoms with van der Waals surface area (Å²) in [4.78, 5) is 12.2. The first-order valence-corrected chi connectivity index (χ1v) is 7.20. The van der Waals surface area contributed by atoms with Crippen molar-refractivity contribution in [1.29, 1.82) is 0 Å². The van der Waals surface area contributed by atoms with Crippen LogP contribution < -0.4 is 10.5 Å². The molecule has 0 amide bonds. The van der Waals surface area contributed by atoms with Gasteiger partial charge in [0, 0.05) is 11.5 Å². The van der Waals surface area contributed by atoms with E-state index in [0.717, 1.165) is 25.7 Å². The van der Waals surface area contributed by atoms with Crippen molar-refractivity contribution in [3.63, 3.8) is 0 Å². The molecule has 0 saturated carbocycles. The van der Waals surface area contributed by atoms with E-state index in [2.05, 4.69) is 6.92 Å². The van der Waals surface area contributed by atoms with Gasteiger partial charge in [0.25, 0.3) is 0 Å². The standard InChI is InChI=1S/C16H25NO2/c1-4-7-10-19-15-9-8-13(11-14(15)17)16(18)12(5-2)6-3/h8-9,11-12H,4-7,10,17H2,1-3H3. The second-order valence-corrected chi connectivity index (χ2v) is 4.83. The molecule has 0 aromatic heterocycles. The molecule has 0 aliphatic heterocycles. The van der Waals surface area contributed by atoms with Crippen LogP contribution in [-0.4, -0.2) is 12.4 Å². The molecule has 0 saturated heterocycles. The average molecular weight is 263 g/mol. The molecule has 0 bridgehead atoms. The Kier molecular flexibility index (Phi) is 6.40. The summed E-state index contributed by atoms with van der Waals surface area (Å²) in [6.45, 7) is 6.86. The van der Waals surface area contributed by atoms with E-state index in [1.807, 2.05) is 19.9 Å². The number of anilines is 1. The molecule has 3 nitrogen and oxygen atoms in total. The number of nitrogen functional groups attached to an aromatic ring is 1. The lowest BCUT2D eigenvalue weighted by atomic mass is 9.93. The minimum absolute atomic E-state index is 0.0891. The van der Waals surface area contributed by atoms with E-state index < -0.39 is 0 Å². The SMILES string of the molecule is CCCCOc1ccc(C(=O)C(CC)CC)cc1N. The smallest absolute Gasteiger partial charge is 0.165 e. The number of ketones is 1. The molecular formula is C16H25NO2. The molecule has 2 N–H and O–H groups in total. The number of unbranched alkanes of at least 4 members (excludes halogenated alkanes) is 1. The maximum atomic E-state index is 12.2. The molecule has 19 heavy (non-hydrogen) atoms. The zero-order valence-electron chi connectivity index (χ0n) is 12.2. The summed E-state index contributed by atoms with van der Waals surface area (Å²) in [6, 6.07) is 5.36. The molecule has 0 fully saturated rings. The highest BCUT2D eigenvalue weighted by molar-refractivity contribution is 5.98. The van der Waals surface area contributed by atoms with Crippen LogP contribution in [0.3, 0.4) is 0 Å². The Morgan fingerprint density at radius 2 is 1.95 bits per heavy atom. The van der Waals surface area contributed by atoms with Gasteiger partial charge in [0.05, 0.1) is 12.3 Å². The molecule has 1 aromatic rings. The van der Waals surface area contributed by atoms with Crippen LogP contribution in [0.2, 0.25) is 0 Å². The van der Waals surface area contributed by atoms with Gasteiger partial charge in [-0.05, 0) is 37.5 Å². The highest BCUT2D eigenvalue weighted by Gasteiger charge is 2.17. The van der Waals surface area contributed by atoms with Gasteiger partial charge < -0.3 is 10.5 Å². The zero-order chi connectivity index (χ0) is 14.3. The van der Waals surface area contributed by atoms with Crippen LogP contribution in [0.15, 0.2) is 18.2 Å². The average Bonchev–Trinajstić information content (AvgIpc) is 2.42. The molecule has 0 radical (unpaired) electrons. The molecule has 0 atom stereocenters. The third kappa shape index (κ3) is 4.27. The Labute approximate surface area is 116 Å². The van der Waals surface area contributed by atoms with Gasteiger partial charge in [0.2, 0.25) is 0 Å². The van der Waals surface area contributed by atoms with Crippen LogP contribution in [0.4, 0.5) is 5.69 Å². The van der Waals surface area contributed by atoms with Crippen molar-refractivity contribution in [2.75, 3.05) is 12.3 Å². The van der Waals surface area contributed by atoms with Crippen LogP contribution in [0.25, 0.3) is 0 Å². The summed E-state index contributed by atoms with van der Waals surface area (Å²) in [6.07, 6.45) is 3.83. The molecule has 0 unspecified atom stereocenters. The van der Waals surface area contributed by atoms with Gasteiger partial charge in [-0.2, -0.15) is 0 Å². The van der Waals surface area contributed by atoms with Gasteiger partial charge in [-0.15, -0.1) is 0 Å². The van der Waals surface area contributed by atoms with Crippen molar-refractivity contribution in [3.8, 4) is 5.75 Å². The lowest BCUT2D eigenvalue weighted by molar-refractivity contribution is 0.0913. The molecular weight excluding hydrogens is 238 g/mol. The molecule has 106 valence electrons. The zero-order valence-corrected chi connectivity index (χ0v) is 12.2. The first-order valence-electron chi connectivity index (χ1n) is 7.20. The number of carbonyl (C=O) groups is 1. The Balaban J connectivity index is 2.78. The first kappa shape index (κ1) is 15.5. The number of benzene rings is 1. The second kappa shape index (κ2) is 7.82. The Hall–Kier alpha value is -1.51. The predicted octanol–water partition coefficient (Wildman–Crippen LogP) is 4.07. The van der Waals surface area contributed by atoms with Crippen LogP contribution in [-0.2, 0) is 0 Å². The van der Waals surface area contributed by atoms with Gasteiger partial charge in [0.15, 0.2) is 5.78 Å². The van der Waals surface area contributed by atoms with E-state index in [1.54, 1.807) is 12.1 Å². The quantitative estimate of drug-likeness (QED) is 0.437. The summed E-state index contributed by atoms with van der Waals surface area (Å²) in [7, 11) is 0. The van der Waals surface area contributed by atoms with E-state index >= 15 is 0 Å². The molecule has 1 aromatic carbocycles. The van der Waals surface area contributed by atoms with Crippen LogP contribution >= 0.6 is 0 Å². The van der Waals surface area contributed by atoms with Gasteiger partial charge in [0.1, 0.15) is 5.75 Å².